The lowest BCUT2D eigenvalue weighted by molar-refractivity contribution is 0.0934. The monoisotopic (exact) mass is 379 g/mol. The first-order valence-electron chi connectivity index (χ1n) is 9.38. The Balaban J connectivity index is 1.64. The van der Waals surface area contributed by atoms with Gasteiger partial charge in [0, 0.05) is 23.1 Å². The van der Waals surface area contributed by atoms with Crippen LogP contribution in [0.5, 0.6) is 5.75 Å². The van der Waals surface area contributed by atoms with E-state index in [2.05, 4.69) is 10.3 Å². The summed E-state index contributed by atoms with van der Waals surface area (Å²) in [6, 6.07) is 11.7. The van der Waals surface area contributed by atoms with E-state index in [0.29, 0.717) is 29.9 Å². The molecule has 4 rings (SSSR count). The minimum atomic E-state index is -0.336. The van der Waals surface area contributed by atoms with Crippen LogP contribution in [0.1, 0.15) is 46.2 Å². The summed E-state index contributed by atoms with van der Waals surface area (Å²) in [7, 11) is 0. The second kappa shape index (κ2) is 7.46. The number of halogens is 1. The third-order valence-electron chi connectivity index (χ3n) is 5.10. The van der Waals surface area contributed by atoms with Gasteiger partial charge in [-0.3, -0.25) is 4.79 Å². The van der Waals surface area contributed by atoms with Crippen molar-refractivity contribution in [2.75, 3.05) is 6.61 Å². The van der Waals surface area contributed by atoms with Gasteiger partial charge >= 0.3 is 0 Å². The van der Waals surface area contributed by atoms with Crippen LogP contribution in [0.25, 0.3) is 5.82 Å². The number of fused-ring (bicyclic) bond motifs is 1. The summed E-state index contributed by atoms with van der Waals surface area (Å²) in [6.45, 7) is 4.40. The van der Waals surface area contributed by atoms with Crippen molar-refractivity contribution in [3.05, 3.63) is 77.0 Å². The van der Waals surface area contributed by atoms with Gasteiger partial charge in [0.05, 0.1) is 18.2 Å². The number of hydrogen-bond donors (Lipinski definition) is 1. The molecule has 2 aromatic heterocycles. The fourth-order valence-corrected chi connectivity index (χ4v) is 3.77. The molecule has 144 valence electrons. The molecular weight excluding hydrogens is 357 g/mol. The number of aromatic nitrogens is 2. The van der Waals surface area contributed by atoms with Crippen LogP contribution >= 0.6 is 0 Å². The maximum atomic E-state index is 13.8. The largest absolute Gasteiger partial charge is 0.493 e. The molecule has 1 amide bonds. The highest BCUT2D eigenvalue weighted by Gasteiger charge is 2.25. The number of pyridine rings is 1. The Morgan fingerprint density at radius 3 is 2.89 bits per heavy atom. The summed E-state index contributed by atoms with van der Waals surface area (Å²) in [6.07, 6.45) is 3.21. The van der Waals surface area contributed by atoms with Gasteiger partial charge in [-0.1, -0.05) is 6.07 Å². The molecule has 1 aromatic carbocycles. The Bertz CT molecular complexity index is 1010. The number of aryl methyl sites for hydroxylation is 1. The fourth-order valence-electron chi connectivity index (χ4n) is 3.77. The SMILES string of the molecule is Cc1cc(C(=O)NC2CCCOc3ccc(F)cc32)c(C)n1-c1ccccn1. The summed E-state index contributed by atoms with van der Waals surface area (Å²) in [4.78, 5) is 17.4. The molecule has 1 unspecified atom stereocenters. The zero-order valence-corrected chi connectivity index (χ0v) is 15.9. The van der Waals surface area contributed by atoms with Gasteiger partial charge in [0.15, 0.2) is 0 Å². The van der Waals surface area contributed by atoms with E-state index >= 15 is 0 Å². The van der Waals surface area contributed by atoms with Crippen molar-refractivity contribution in [3.8, 4) is 11.6 Å². The van der Waals surface area contributed by atoms with Gasteiger partial charge in [-0.2, -0.15) is 0 Å². The maximum absolute atomic E-state index is 13.8. The maximum Gasteiger partial charge on any atom is 0.253 e. The molecule has 0 aliphatic carbocycles. The van der Waals surface area contributed by atoms with Crippen molar-refractivity contribution in [3.63, 3.8) is 0 Å². The first kappa shape index (κ1) is 18.2. The second-order valence-corrected chi connectivity index (χ2v) is 7.01. The fraction of sp³-hybridized carbons (Fsp3) is 0.273. The topological polar surface area (TPSA) is 56.1 Å². The molecule has 3 heterocycles. The number of ether oxygens (including phenoxy) is 1. The van der Waals surface area contributed by atoms with Crippen molar-refractivity contribution in [1.82, 2.24) is 14.9 Å². The van der Waals surface area contributed by atoms with Crippen molar-refractivity contribution in [2.45, 2.75) is 32.7 Å². The van der Waals surface area contributed by atoms with E-state index < -0.39 is 0 Å². The normalized spacial score (nSPS) is 16.0. The first-order chi connectivity index (χ1) is 13.5. The summed E-state index contributed by atoms with van der Waals surface area (Å²) >= 11 is 0. The standard InChI is InChI=1S/C22H22FN3O2/c1-14-12-17(15(2)26(14)21-7-3-4-10-24-21)22(27)25-19-6-5-11-28-20-9-8-16(23)13-18(19)20/h3-4,7-10,12-13,19H,5-6,11H2,1-2H3,(H,25,27). The minimum absolute atomic E-state index is 0.183. The molecule has 0 radical (unpaired) electrons. The van der Waals surface area contributed by atoms with Crippen molar-refractivity contribution < 1.29 is 13.9 Å². The zero-order valence-electron chi connectivity index (χ0n) is 15.9. The van der Waals surface area contributed by atoms with Gasteiger partial charge in [0.1, 0.15) is 17.4 Å². The van der Waals surface area contributed by atoms with Crippen molar-refractivity contribution in [2.24, 2.45) is 0 Å². The lowest BCUT2D eigenvalue weighted by atomic mass is 10.0. The average molecular weight is 379 g/mol. The number of carbonyl (C=O) groups excluding carboxylic acids is 1. The second-order valence-electron chi connectivity index (χ2n) is 7.01. The molecule has 0 saturated heterocycles. The lowest BCUT2D eigenvalue weighted by Crippen LogP contribution is -2.28. The smallest absolute Gasteiger partial charge is 0.253 e. The molecule has 0 saturated carbocycles. The van der Waals surface area contributed by atoms with E-state index in [1.165, 1.54) is 12.1 Å². The predicted molar refractivity (Wildman–Crippen MR) is 104 cm³/mol. The number of nitrogens with one attached hydrogen (secondary N) is 1. The predicted octanol–water partition coefficient (Wildman–Crippen LogP) is 4.27. The Hall–Kier alpha value is -3.15. The molecule has 1 N–H and O–H groups in total. The van der Waals surface area contributed by atoms with Crippen LogP contribution in [0.15, 0.2) is 48.7 Å². The van der Waals surface area contributed by atoms with Gasteiger partial charge in [-0.05, 0) is 63.1 Å². The number of nitrogens with zero attached hydrogens (tertiary/aromatic N) is 2. The average Bonchev–Trinajstić information content (AvgIpc) is 2.86. The van der Waals surface area contributed by atoms with Crippen LogP contribution < -0.4 is 10.1 Å². The molecule has 0 fully saturated rings. The molecule has 1 aliphatic heterocycles. The van der Waals surface area contributed by atoms with Crippen LogP contribution in [-0.2, 0) is 0 Å². The van der Waals surface area contributed by atoms with Crippen molar-refractivity contribution in [1.29, 1.82) is 0 Å². The Morgan fingerprint density at radius 1 is 1.25 bits per heavy atom. The molecule has 28 heavy (non-hydrogen) atoms. The van der Waals surface area contributed by atoms with Crippen LogP contribution in [0, 0.1) is 19.7 Å². The summed E-state index contributed by atoms with van der Waals surface area (Å²) < 4.78 is 21.4. The molecule has 3 aromatic rings. The van der Waals surface area contributed by atoms with E-state index in [-0.39, 0.29) is 17.8 Å². The molecule has 0 spiro atoms. The lowest BCUT2D eigenvalue weighted by Gasteiger charge is -2.18. The Labute approximate surface area is 163 Å². The number of rotatable bonds is 3. The van der Waals surface area contributed by atoms with Crippen LogP contribution in [0.4, 0.5) is 4.39 Å². The number of carbonyl (C=O) groups is 1. The van der Waals surface area contributed by atoms with E-state index in [1.807, 2.05) is 42.7 Å². The molecule has 6 heteroatoms. The molecule has 0 bridgehead atoms. The van der Waals surface area contributed by atoms with E-state index in [0.717, 1.165) is 23.6 Å². The highest BCUT2D eigenvalue weighted by molar-refractivity contribution is 5.96. The molecule has 1 atom stereocenters. The number of amides is 1. The molecule has 5 nitrogen and oxygen atoms in total. The zero-order chi connectivity index (χ0) is 19.7. The number of benzene rings is 1. The van der Waals surface area contributed by atoms with Crippen LogP contribution in [0.2, 0.25) is 0 Å². The van der Waals surface area contributed by atoms with Gasteiger partial charge < -0.3 is 14.6 Å². The van der Waals surface area contributed by atoms with Gasteiger partial charge in [0.25, 0.3) is 5.91 Å². The van der Waals surface area contributed by atoms with Gasteiger partial charge in [-0.15, -0.1) is 0 Å². The minimum Gasteiger partial charge on any atom is -0.493 e. The third kappa shape index (κ3) is 3.38. The van der Waals surface area contributed by atoms with Crippen LogP contribution in [-0.4, -0.2) is 22.1 Å². The van der Waals surface area contributed by atoms with Gasteiger partial charge in [-0.25, -0.2) is 9.37 Å². The molecular formula is C22H22FN3O2. The Kier molecular flexibility index (Phi) is 4.86. The summed E-state index contributed by atoms with van der Waals surface area (Å²) in [5.74, 6) is 0.879. The summed E-state index contributed by atoms with van der Waals surface area (Å²) in [5, 5.41) is 3.07. The van der Waals surface area contributed by atoms with E-state index in [9.17, 15) is 9.18 Å². The quantitative estimate of drug-likeness (QED) is 0.739. The third-order valence-corrected chi connectivity index (χ3v) is 5.10. The number of hydrogen-bond acceptors (Lipinski definition) is 3. The van der Waals surface area contributed by atoms with E-state index in [1.54, 1.807) is 12.3 Å². The van der Waals surface area contributed by atoms with E-state index in [4.69, 9.17) is 4.74 Å². The highest BCUT2D eigenvalue weighted by atomic mass is 19.1. The first-order valence-corrected chi connectivity index (χ1v) is 9.38. The van der Waals surface area contributed by atoms with Gasteiger partial charge in [0.2, 0.25) is 0 Å². The summed E-state index contributed by atoms with van der Waals surface area (Å²) in [5.41, 5.74) is 3.02. The Morgan fingerprint density at radius 2 is 2.11 bits per heavy atom. The highest BCUT2D eigenvalue weighted by Crippen LogP contribution is 2.32. The molecule has 1 aliphatic rings. The van der Waals surface area contributed by atoms with Crippen molar-refractivity contribution >= 4 is 5.91 Å². The van der Waals surface area contributed by atoms with Crippen LogP contribution in [0.3, 0.4) is 0 Å².